The van der Waals surface area contributed by atoms with E-state index in [1.54, 1.807) is 7.11 Å². The summed E-state index contributed by atoms with van der Waals surface area (Å²) in [6.45, 7) is 14.7. The van der Waals surface area contributed by atoms with E-state index < -0.39 is 0 Å². The van der Waals surface area contributed by atoms with E-state index >= 15 is 0 Å². The number of rotatable bonds is 6. The Labute approximate surface area is 107 Å². The fraction of sp³-hybridized carbons (Fsp3) is 1.00. The van der Waals surface area contributed by atoms with Gasteiger partial charge in [-0.15, -0.1) is 0 Å². The van der Waals surface area contributed by atoms with Crippen LogP contribution in [0.1, 0.15) is 34.1 Å². The molecule has 102 valence electrons. The van der Waals surface area contributed by atoms with Crippen molar-refractivity contribution in [1.82, 2.24) is 10.2 Å². The van der Waals surface area contributed by atoms with Gasteiger partial charge in [0.15, 0.2) is 0 Å². The van der Waals surface area contributed by atoms with Crippen molar-refractivity contribution in [3.05, 3.63) is 0 Å². The second kappa shape index (κ2) is 6.72. The van der Waals surface area contributed by atoms with Crippen LogP contribution in [0.2, 0.25) is 0 Å². The SMILES string of the molecule is COCCN(CC(C)C)C1CCNCC1(C)C. The second-order valence-corrected chi connectivity index (χ2v) is 6.35. The Kier molecular flexibility index (Phi) is 5.90. The molecule has 1 saturated heterocycles. The first-order chi connectivity index (χ1) is 7.97. The van der Waals surface area contributed by atoms with Crippen molar-refractivity contribution in [2.45, 2.75) is 40.2 Å². The smallest absolute Gasteiger partial charge is 0.0589 e. The molecule has 0 aliphatic carbocycles. The molecule has 0 bridgehead atoms. The summed E-state index contributed by atoms with van der Waals surface area (Å²) >= 11 is 0. The Balaban J connectivity index is 2.65. The number of methoxy groups -OCH3 is 1. The van der Waals surface area contributed by atoms with Crippen LogP contribution in [0.4, 0.5) is 0 Å². The van der Waals surface area contributed by atoms with Crippen LogP contribution < -0.4 is 5.32 Å². The summed E-state index contributed by atoms with van der Waals surface area (Å²) in [4.78, 5) is 2.63. The Hall–Kier alpha value is -0.120. The molecular weight excluding hydrogens is 212 g/mol. The Bertz CT molecular complexity index is 216. The molecule has 1 N–H and O–H groups in total. The lowest BCUT2D eigenvalue weighted by molar-refractivity contribution is 0.0317. The fourth-order valence-corrected chi connectivity index (χ4v) is 2.89. The van der Waals surface area contributed by atoms with Crippen molar-refractivity contribution < 1.29 is 4.74 Å². The highest BCUT2D eigenvalue weighted by Gasteiger charge is 2.36. The zero-order valence-corrected chi connectivity index (χ0v) is 12.3. The molecule has 0 aromatic heterocycles. The van der Waals surface area contributed by atoms with Crippen LogP contribution in [0.25, 0.3) is 0 Å². The summed E-state index contributed by atoms with van der Waals surface area (Å²) in [5.41, 5.74) is 0.362. The van der Waals surface area contributed by atoms with Crippen LogP contribution in [0, 0.1) is 11.3 Å². The number of nitrogens with one attached hydrogen (secondary N) is 1. The van der Waals surface area contributed by atoms with Gasteiger partial charge in [0.1, 0.15) is 0 Å². The standard InChI is InChI=1S/C14H30N2O/c1-12(2)10-16(8-9-17-5)13-6-7-15-11-14(13,3)4/h12-13,15H,6-11H2,1-5H3. The van der Waals surface area contributed by atoms with Crippen molar-refractivity contribution in [3.63, 3.8) is 0 Å². The van der Waals surface area contributed by atoms with Gasteiger partial charge in [-0.25, -0.2) is 0 Å². The van der Waals surface area contributed by atoms with E-state index in [1.165, 1.54) is 13.0 Å². The largest absolute Gasteiger partial charge is 0.383 e. The van der Waals surface area contributed by atoms with E-state index in [1.807, 2.05) is 0 Å². The minimum Gasteiger partial charge on any atom is -0.383 e. The van der Waals surface area contributed by atoms with Gasteiger partial charge in [-0.05, 0) is 24.3 Å². The van der Waals surface area contributed by atoms with Crippen molar-refractivity contribution in [3.8, 4) is 0 Å². The van der Waals surface area contributed by atoms with Gasteiger partial charge in [0.05, 0.1) is 6.61 Å². The van der Waals surface area contributed by atoms with Crippen LogP contribution in [-0.2, 0) is 4.74 Å². The first-order valence-electron chi connectivity index (χ1n) is 6.91. The van der Waals surface area contributed by atoms with Crippen molar-refractivity contribution in [2.24, 2.45) is 11.3 Å². The molecule has 1 rings (SSSR count). The van der Waals surface area contributed by atoms with Crippen LogP contribution in [-0.4, -0.2) is 50.8 Å². The molecule has 0 spiro atoms. The van der Waals surface area contributed by atoms with E-state index in [0.29, 0.717) is 11.5 Å². The quantitative estimate of drug-likeness (QED) is 0.771. The maximum absolute atomic E-state index is 5.26. The average Bonchev–Trinajstić information content (AvgIpc) is 2.23. The number of hydrogen-bond acceptors (Lipinski definition) is 3. The van der Waals surface area contributed by atoms with Crippen LogP contribution in [0.15, 0.2) is 0 Å². The second-order valence-electron chi connectivity index (χ2n) is 6.35. The summed E-state index contributed by atoms with van der Waals surface area (Å²) in [7, 11) is 1.79. The van der Waals surface area contributed by atoms with Gasteiger partial charge in [-0.3, -0.25) is 4.90 Å². The van der Waals surface area contributed by atoms with Gasteiger partial charge in [-0.2, -0.15) is 0 Å². The van der Waals surface area contributed by atoms with Crippen LogP contribution in [0.5, 0.6) is 0 Å². The zero-order valence-electron chi connectivity index (χ0n) is 12.3. The van der Waals surface area contributed by atoms with E-state index in [0.717, 1.165) is 32.2 Å². The molecule has 0 aromatic carbocycles. The highest BCUT2D eigenvalue weighted by molar-refractivity contribution is 4.92. The third-order valence-corrected chi connectivity index (χ3v) is 3.70. The van der Waals surface area contributed by atoms with E-state index in [4.69, 9.17) is 4.74 Å². The molecule has 1 fully saturated rings. The molecule has 0 amide bonds. The Morgan fingerprint density at radius 3 is 2.65 bits per heavy atom. The molecule has 0 aromatic rings. The predicted octanol–water partition coefficient (Wildman–Crippen LogP) is 1.98. The molecule has 1 aliphatic heterocycles. The maximum atomic E-state index is 5.26. The molecule has 1 atom stereocenters. The van der Waals surface area contributed by atoms with Gasteiger partial charge in [-0.1, -0.05) is 27.7 Å². The monoisotopic (exact) mass is 242 g/mol. The van der Waals surface area contributed by atoms with Crippen LogP contribution in [0.3, 0.4) is 0 Å². The van der Waals surface area contributed by atoms with Crippen LogP contribution >= 0.6 is 0 Å². The van der Waals surface area contributed by atoms with Gasteiger partial charge in [0.25, 0.3) is 0 Å². The molecule has 1 heterocycles. The fourth-order valence-electron chi connectivity index (χ4n) is 2.89. The number of piperidine rings is 1. The van der Waals surface area contributed by atoms with Gasteiger partial charge in [0, 0.05) is 32.8 Å². The molecule has 1 aliphatic rings. The lowest BCUT2D eigenvalue weighted by atomic mass is 9.78. The molecule has 17 heavy (non-hydrogen) atoms. The minimum atomic E-state index is 0.362. The summed E-state index contributed by atoms with van der Waals surface area (Å²) in [5.74, 6) is 0.720. The van der Waals surface area contributed by atoms with Gasteiger partial charge in [0.2, 0.25) is 0 Å². The molecule has 3 heteroatoms. The van der Waals surface area contributed by atoms with Crippen molar-refractivity contribution in [1.29, 1.82) is 0 Å². The third-order valence-electron chi connectivity index (χ3n) is 3.70. The summed E-state index contributed by atoms with van der Waals surface area (Å²) in [6, 6.07) is 0.682. The molecule has 1 unspecified atom stereocenters. The minimum absolute atomic E-state index is 0.362. The van der Waals surface area contributed by atoms with Gasteiger partial charge < -0.3 is 10.1 Å². The van der Waals surface area contributed by atoms with E-state index in [2.05, 4.69) is 37.9 Å². The molecule has 3 nitrogen and oxygen atoms in total. The zero-order chi connectivity index (χ0) is 12.9. The maximum Gasteiger partial charge on any atom is 0.0589 e. The third kappa shape index (κ3) is 4.57. The lowest BCUT2D eigenvalue weighted by Crippen LogP contribution is -2.55. The predicted molar refractivity (Wildman–Crippen MR) is 73.3 cm³/mol. The Morgan fingerprint density at radius 2 is 2.12 bits per heavy atom. The number of hydrogen-bond donors (Lipinski definition) is 1. The first kappa shape index (κ1) is 14.9. The highest BCUT2D eigenvalue weighted by atomic mass is 16.5. The van der Waals surface area contributed by atoms with Gasteiger partial charge >= 0.3 is 0 Å². The number of ether oxygens (including phenoxy) is 1. The van der Waals surface area contributed by atoms with E-state index in [-0.39, 0.29) is 0 Å². The molecular formula is C14H30N2O. The molecule has 0 radical (unpaired) electrons. The first-order valence-corrected chi connectivity index (χ1v) is 6.91. The van der Waals surface area contributed by atoms with Crippen molar-refractivity contribution >= 4 is 0 Å². The highest BCUT2D eigenvalue weighted by Crippen LogP contribution is 2.30. The average molecular weight is 242 g/mol. The summed E-state index contributed by atoms with van der Waals surface area (Å²) < 4.78 is 5.26. The van der Waals surface area contributed by atoms with Crippen molar-refractivity contribution in [2.75, 3.05) is 39.9 Å². The summed E-state index contributed by atoms with van der Waals surface area (Å²) in [6.07, 6.45) is 1.25. The lowest BCUT2D eigenvalue weighted by Gasteiger charge is -2.46. The van der Waals surface area contributed by atoms with E-state index in [9.17, 15) is 0 Å². The normalized spacial score (nSPS) is 24.5. The molecule has 0 saturated carbocycles. The number of nitrogens with zero attached hydrogens (tertiary/aromatic N) is 1. The topological polar surface area (TPSA) is 24.5 Å². The summed E-state index contributed by atoms with van der Waals surface area (Å²) in [5, 5.41) is 3.51. The Morgan fingerprint density at radius 1 is 1.41 bits per heavy atom.